The average molecular weight is 689 g/mol. The molecule has 13 heteroatoms. The summed E-state index contributed by atoms with van der Waals surface area (Å²) in [5.41, 5.74) is 6.74. The molecule has 7 atom stereocenters. The summed E-state index contributed by atoms with van der Waals surface area (Å²) in [6.45, 7) is 18.0. The molecular weight excluding hydrogens is 628 g/mol. The molecule has 0 bridgehead atoms. The second kappa shape index (κ2) is 20.5. The molecule has 0 aliphatic rings. The van der Waals surface area contributed by atoms with Gasteiger partial charge in [0, 0.05) is 6.42 Å². The van der Waals surface area contributed by atoms with E-state index in [1.165, 1.54) is 0 Å². The lowest BCUT2D eigenvalue weighted by Crippen LogP contribution is -2.62. The van der Waals surface area contributed by atoms with Crippen LogP contribution in [0.4, 0.5) is 0 Å². The molecular formula is C36H60N6O7. The number of carboxylic acids is 1. The maximum atomic E-state index is 13.7. The minimum absolute atomic E-state index is 0.0323. The Morgan fingerprint density at radius 2 is 1.06 bits per heavy atom. The van der Waals surface area contributed by atoms with Crippen molar-refractivity contribution >= 4 is 35.5 Å². The van der Waals surface area contributed by atoms with E-state index in [4.69, 9.17) is 5.73 Å². The van der Waals surface area contributed by atoms with Crippen LogP contribution in [0.15, 0.2) is 30.3 Å². The normalized spacial score (nSPS) is 15.8. The largest absolute Gasteiger partial charge is 0.480 e. The Bertz CT molecular complexity index is 1250. The van der Waals surface area contributed by atoms with Gasteiger partial charge in [0.2, 0.25) is 29.5 Å². The average Bonchev–Trinajstić information content (AvgIpc) is 3.02. The highest BCUT2D eigenvalue weighted by molar-refractivity contribution is 5.96. The van der Waals surface area contributed by atoms with Gasteiger partial charge in [-0.15, -0.1) is 0 Å². The van der Waals surface area contributed by atoms with Gasteiger partial charge in [-0.05, 0) is 41.6 Å². The second-order valence-corrected chi connectivity index (χ2v) is 14.4. The van der Waals surface area contributed by atoms with Gasteiger partial charge in [0.05, 0.1) is 6.04 Å². The molecule has 0 heterocycles. The first-order chi connectivity index (χ1) is 22.8. The van der Waals surface area contributed by atoms with Crippen LogP contribution in [-0.2, 0) is 35.2 Å². The van der Waals surface area contributed by atoms with E-state index in [9.17, 15) is 33.9 Å². The van der Waals surface area contributed by atoms with Gasteiger partial charge in [-0.1, -0.05) is 106 Å². The highest BCUT2D eigenvalue weighted by atomic mass is 16.4. The molecule has 13 nitrogen and oxygen atoms in total. The van der Waals surface area contributed by atoms with Gasteiger partial charge in [0.15, 0.2) is 0 Å². The van der Waals surface area contributed by atoms with Crippen LogP contribution in [0.1, 0.15) is 87.6 Å². The van der Waals surface area contributed by atoms with Gasteiger partial charge in [0.25, 0.3) is 0 Å². The van der Waals surface area contributed by atoms with Crippen LogP contribution in [0.5, 0.6) is 0 Å². The molecule has 8 N–H and O–H groups in total. The number of hydrogen-bond acceptors (Lipinski definition) is 7. The number of benzene rings is 1. The van der Waals surface area contributed by atoms with Crippen LogP contribution in [0.3, 0.4) is 0 Å². The van der Waals surface area contributed by atoms with E-state index in [0.717, 1.165) is 5.56 Å². The summed E-state index contributed by atoms with van der Waals surface area (Å²) in [5.74, 6) is -5.34. The summed E-state index contributed by atoms with van der Waals surface area (Å²) < 4.78 is 0. The van der Waals surface area contributed by atoms with E-state index >= 15 is 0 Å². The van der Waals surface area contributed by atoms with Crippen molar-refractivity contribution in [3.63, 3.8) is 0 Å². The van der Waals surface area contributed by atoms with E-state index in [1.54, 1.807) is 65.8 Å². The number of carbonyl (C=O) groups is 6. The molecule has 276 valence electrons. The summed E-state index contributed by atoms with van der Waals surface area (Å²) in [4.78, 5) is 79.0. The van der Waals surface area contributed by atoms with E-state index in [-0.39, 0.29) is 36.5 Å². The summed E-state index contributed by atoms with van der Waals surface area (Å²) in [5, 5.41) is 23.4. The van der Waals surface area contributed by atoms with Crippen LogP contribution in [0.25, 0.3) is 0 Å². The molecule has 0 saturated carbocycles. The molecule has 5 amide bonds. The molecule has 0 aromatic heterocycles. The van der Waals surface area contributed by atoms with Crippen molar-refractivity contribution in [2.24, 2.45) is 35.3 Å². The van der Waals surface area contributed by atoms with Crippen LogP contribution in [0, 0.1) is 29.6 Å². The molecule has 1 aromatic carbocycles. The first-order valence-corrected chi connectivity index (χ1v) is 17.3. The van der Waals surface area contributed by atoms with Crippen molar-refractivity contribution in [1.82, 2.24) is 26.6 Å². The van der Waals surface area contributed by atoms with E-state index in [1.807, 2.05) is 33.8 Å². The minimum Gasteiger partial charge on any atom is -0.480 e. The third kappa shape index (κ3) is 14.2. The standard InChI is InChI=1S/C36H60N6O7/c1-11-23(10)30(42-32(44)27(37)20(4)5)35(47)41-29(22(8)9)34(46)40-28(21(6)7)33(45)38-25(17-19(2)3)31(43)39-26(36(48)49)18-24-15-13-12-14-16-24/h12-16,19-23,25-30H,11,17-18,37H2,1-10H3,(H,38,45)(H,39,43)(H,40,46)(H,41,47)(H,42,44)(H,48,49)/t23-,25-,26-,27-,28-,29-,30-/m0/s1. The van der Waals surface area contributed by atoms with Gasteiger partial charge in [-0.2, -0.15) is 0 Å². The van der Waals surface area contributed by atoms with Crippen molar-refractivity contribution in [3.05, 3.63) is 35.9 Å². The first-order valence-electron chi connectivity index (χ1n) is 17.3. The number of nitrogens with two attached hydrogens (primary N) is 1. The maximum absolute atomic E-state index is 13.7. The van der Waals surface area contributed by atoms with Crippen LogP contribution < -0.4 is 32.3 Å². The van der Waals surface area contributed by atoms with Gasteiger partial charge < -0.3 is 37.4 Å². The quantitative estimate of drug-likeness (QED) is 0.108. The molecule has 0 aliphatic heterocycles. The zero-order valence-electron chi connectivity index (χ0n) is 30.8. The number of carboxylic acid groups (broad SMARTS) is 1. The SMILES string of the molecule is CC[C@H](C)[C@H](NC(=O)[C@@H](N)C(C)C)C(=O)N[C@H](C(=O)N[C@H](C(=O)N[C@@H](CC(C)C)C(=O)N[C@@H](Cc1ccccc1)C(=O)O)C(C)C)C(C)C. The van der Waals surface area contributed by atoms with Crippen molar-refractivity contribution in [3.8, 4) is 0 Å². The highest BCUT2D eigenvalue weighted by Gasteiger charge is 2.36. The third-order valence-electron chi connectivity index (χ3n) is 8.55. The van der Waals surface area contributed by atoms with Crippen LogP contribution in [-0.4, -0.2) is 76.9 Å². The second-order valence-electron chi connectivity index (χ2n) is 14.4. The number of amides is 5. The summed E-state index contributed by atoms with van der Waals surface area (Å²) in [6.07, 6.45) is 0.860. The fourth-order valence-corrected chi connectivity index (χ4v) is 5.10. The van der Waals surface area contributed by atoms with Crippen molar-refractivity contribution in [1.29, 1.82) is 0 Å². The van der Waals surface area contributed by atoms with E-state index in [0.29, 0.717) is 6.42 Å². The third-order valence-corrected chi connectivity index (χ3v) is 8.55. The molecule has 0 spiro atoms. The van der Waals surface area contributed by atoms with Crippen LogP contribution >= 0.6 is 0 Å². The smallest absolute Gasteiger partial charge is 0.326 e. The van der Waals surface area contributed by atoms with Gasteiger partial charge in [-0.3, -0.25) is 24.0 Å². The predicted molar refractivity (Wildman–Crippen MR) is 189 cm³/mol. The number of rotatable bonds is 20. The molecule has 1 rings (SSSR count). The lowest BCUT2D eigenvalue weighted by atomic mass is 9.95. The van der Waals surface area contributed by atoms with E-state index < -0.39 is 77.7 Å². The van der Waals surface area contributed by atoms with Crippen LogP contribution in [0.2, 0.25) is 0 Å². The summed E-state index contributed by atoms with van der Waals surface area (Å²) in [7, 11) is 0. The number of aliphatic carboxylic acids is 1. The minimum atomic E-state index is -1.22. The monoisotopic (exact) mass is 688 g/mol. The van der Waals surface area contributed by atoms with Gasteiger partial charge in [0.1, 0.15) is 30.2 Å². The zero-order valence-corrected chi connectivity index (χ0v) is 30.8. The lowest BCUT2D eigenvalue weighted by Gasteiger charge is -2.31. The Morgan fingerprint density at radius 1 is 0.612 bits per heavy atom. The Labute approximate surface area is 291 Å². The summed E-state index contributed by atoms with van der Waals surface area (Å²) in [6, 6.07) is 2.72. The van der Waals surface area contributed by atoms with Crippen molar-refractivity contribution < 1.29 is 33.9 Å². The number of hydrogen-bond donors (Lipinski definition) is 7. The lowest BCUT2D eigenvalue weighted by molar-refractivity contribution is -0.142. The van der Waals surface area contributed by atoms with Crippen molar-refractivity contribution in [2.45, 2.75) is 125 Å². The molecule has 0 fully saturated rings. The topological polar surface area (TPSA) is 209 Å². The Kier molecular flexibility index (Phi) is 18.0. The molecule has 49 heavy (non-hydrogen) atoms. The van der Waals surface area contributed by atoms with Gasteiger partial charge >= 0.3 is 5.97 Å². The predicted octanol–water partition coefficient (Wildman–Crippen LogP) is 2.13. The molecule has 0 radical (unpaired) electrons. The number of nitrogens with one attached hydrogen (secondary N) is 5. The molecule has 0 unspecified atom stereocenters. The Balaban J connectivity index is 3.16. The van der Waals surface area contributed by atoms with E-state index in [2.05, 4.69) is 26.6 Å². The molecule has 0 aliphatic carbocycles. The van der Waals surface area contributed by atoms with Crippen molar-refractivity contribution in [2.75, 3.05) is 0 Å². The van der Waals surface area contributed by atoms with Gasteiger partial charge in [-0.25, -0.2) is 4.79 Å². The maximum Gasteiger partial charge on any atom is 0.326 e. The highest BCUT2D eigenvalue weighted by Crippen LogP contribution is 2.14. The number of carbonyl (C=O) groups excluding carboxylic acids is 5. The fourth-order valence-electron chi connectivity index (χ4n) is 5.10. The fraction of sp³-hybridized carbons (Fsp3) is 0.667. The summed E-state index contributed by atoms with van der Waals surface area (Å²) >= 11 is 0. The molecule has 0 saturated heterocycles. The zero-order chi connectivity index (χ0) is 37.6. The molecule has 1 aromatic rings. The first kappa shape index (κ1) is 43.0. The Hall–Kier alpha value is -4.00. The Morgan fingerprint density at radius 3 is 1.49 bits per heavy atom.